The first-order valence-corrected chi connectivity index (χ1v) is 3.36. The molecule has 1 N–H and O–H groups in total. The topological polar surface area (TPSA) is 72.8 Å². The van der Waals surface area contributed by atoms with Crippen molar-refractivity contribution in [1.29, 1.82) is 0 Å². The van der Waals surface area contributed by atoms with E-state index in [2.05, 4.69) is 9.62 Å². The van der Waals surface area contributed by atoms with E-state index in [-0.39, 0.29) is 6.61 Å². The number of rotatable bonds is 3. The van der Waals surface area contributed by atoms with E-state index in [9.17, 15) is 9.59 Å². The third-order valence-electron chi connectivity index (χ3n) is 0.942. The SMILES string of the molecule is C/C=C/COC(=O)C(=O)C#COO. The second kappa shape index (κ2) is 6.88. The third kappa shape index (κ3) is 5.47. The zero-order valence-electron chi connectivity index (χ0n) is 6.94. The fourth-order valence-electron chi connectivity index (χ4n) is 0.406. The van der Waals surface area contributed by atoms with Crippen LogP contribution >= 0.6 is 0 Å². The summed E-state index contributed by atoms with van der Waals surface area (Å²) in [7, 11) is 0. The van der Waals surface area contributed by atoms with Crippen LogP contribution in [0.25, 0.3) is 0 Å². The van der Waals surface area contributed by atoms with Gasteiger partial charge in [0.1, 0.15) is 6.61 Å². The lowest BCUT2D eigenvalue weighted by Gasteiger charge is -1.94. The van der Waals surface area contributed by atoms with Crippen LogP contribution in [0.3, 0.4) is 0 Å². The van der Waals surface area contributed by atoms with Crippen LogP contribution < -0.4 is 0 Å². The maximum Gasteiger partial charge on any atom is 0.388 e. The van der Waals surface area contributed by atoms with Gasteiger partial charge in [0.15, 0.2) is 6.11 Å². The quantitative estimate of drug-likeness (QED) is 0.168. The summed E-state index contributed by atoms with van der Waals surface area (Å²) in [5.74, 6) is -0.452. The summed E-state index contributed by atoms with van der Waals surface area (Å²) in [6.45, 7) is 1.76. The first kappa shape index (κ1) is 11.2. The standard InChI is InChI=1S/C8H8O5/c1-2-3-5-12-8(10)7(9)4-6-13-11/h2-3,11H,5H2,1H3/b3-2+. The zero-order valence-corrected chi connectivity index (χ0v) is 6.94. The summed E-state index contributed by atoms with van der Waals surface area (Å²) in [4.78, 5) is 24.6. The Labute approximate surface area is 74.9 Å². The van der Waals surface area contributed by atoms with Crippen molar-refractivity contribution in [3.8, 4) is 12.0 Å². The molecule has 70 valence electrons. The van der Waals surface area contributed by atoms with Crippen LogP contribution in [0.4, 0.5) is 0 Å². The van der Waals surface area contributed by atoms with Crippen molar-refractivity contribution in [2.45, 2.75) is 6.92 Å². The Morgan fingerprint density at radius 2 is 2.23 bits per heavy atom. The molecule has 13 heavy (non-hydrogen) atoms. The number of ketones is 1. The molecular formula is C8H8O5. The lowest BCUT2D eigenvalue weighted by molar-refractivity contribution is -0.172. The predicted octanol–water partition coefficient (Wildman–Crippen LogP) is 0.125. The molecule has 0 spiro atoms. The van der Waals surface area contributed by atoms with Crippen LogP contribution in [-0.2, 0) is 19.2 Å². The Morgan fingerprint density at radius 3 is 2.77 bits per heavy atom. The molecule has 5 nitrogen and oxygen atoms in total. The van der Waals surface area contributed by atoms with E-state index in [1.165, 1.54) is 0 Å². The average molecular weight is 184 g/mol. The minimum Gasteiger partial charge on any atom is -0.455 e. The maximum absolute atomic E-state index is 10.7. The lowest BCUT2D eigenvalue weighted by atomic mass is 10.4. The molecule has 0 rings (SSSR count). The highest BCUT2D eigenvalue weighted by atomic mass is 17.1. The van der Waals surface area contributed by atoms with Crippen LogP contribution in [-0.4, -0.2) is 23.6 Å². The number of carbonyl (C=O) groups excluding carboxylic acids is 2. The first-order chi connectivity index (χ1) is 6.22. The smallest absolute Gasteiger partial charge is 0.388 e. The van der Waals surface area contributed by atoms with Crippen LogP contribution in [0, 0.1) is 12.0 Å². The molecule has 0 aromatic heterocycles. The molecule has 0 amide bonds. The molecule has 0 heterocycles. The van der Waals surface area contributed by atoms with E-state index in [1.807, 2.05) is 0 Å². The summed E-state index contributed by atoms with van der Waals surface area (Å²) in [6, 6.07) is 0. The summed E-state index contributed by atoms with van der Waals surface area (Å²) in [6.07, 6.45) is 4.78. The number of hydrogen-bond donors (Lipinski definition) is 1. The van der Waals surface area contributed by atoms with E-state index in [4.69, 9.17) is 5.26 Å². The zero-order chi connectivity index (χ0) is 10.1. The number of hydrogen-bond acceptors (Lipinski definition) is 5. The number of ether oxygens (including phenoxy) is 1. The molecule has 0 aromatic rings. The predicted molar refractivity (Wildman–Crippen MR) is 42.3 cm³/mol. The molecule has 0 bridgehead atoms. The van der Waals surface area contributed by atoms with E-state index >= 15 is 0 Å². The minimum absolute atomic E-state index is 0.0166. The van der Waals surface area contributed by atoms with Crippen molar-refractivity contribution in [3.05, 3.63) is 12.2 Å². The Bertz CT molecular complexity index is 268. The molecule has 0 radical (unpaired) electrons. The van der Waals surface area contributed by atoms with Gasteiger partial charge in [0.05, 0.1) is 0 Å². The van der Waals surface area contributed by atoms with Gasteiger partial charge >= 0.3 is 11.8 Å². The van der Waals surface area contributed by atoms with Gasteiger partial charge < -0.3 is 4.74 Å². The Balaban J connectivity index is 3.90. The van der Waals surface area contributed by atoms with Gasteiger partial charge in [0.25, 0.3) is 0 Å². The molecule has 0 aliphatic heterocycles. The molecule has 0 unspecified atom stereocenters. The van der Waals surface area contributed by atoms with Gasteiger partial charge in [-0.2, -0.15) is 5.26 Å². The van der Waals surface area contributed by atoms with Crippen molar-refractivity contribution in [2.75, 3.05) is 6.61 Å². The highest BCUT2D eigenvalue weighted by Gasteiger charge is 2.11. The number of Topliss-reactive ketones (excluding diaryl/α,β-unsaturated/α-hetero) is 1. The van der Waals surface area contributed by atoms with Crippen molar-refractivity contribution >= 4 is 11.8 Å². The van der Waals surface area contributed by atoms with Gasteiger partial charge in [-0.05, 0) is 6.92 Å². The van der Waals surface area contributed by atoms with Crippen LogP contribution in [0.15, 0.2) is 12.2 Å². The van der Waals surface area contributed by atoms with Crippen molar-refractivity contribution in [1.82, 2.24) is 0 Å². The molecule has 0 saturated heterocycles. The van der Waals surface area contributed by atoms with Crippen LogP contribution in [0.2, 0.25) is 0 Å². The summed E-state index contributed by atoms with van der Waals surface area (Å²) < 4.78 is 4.43. The molecule has 0 atom stereocenters. The summed E-state index contributed by atoms with van der Waals surface area (Å²) in [5, 5.41) is 7.72. The fourth-order valence-corrected chi connectivity index (χ4v) is 0.406. The normalized spacial score (nSPS) is 8.77. The second-order valence-electron chi connectivity index (χ2n) is 1.81. The van der Waals surface area contributed by atoms with Gasteiger partial charge in [0, 0.05) is 5.92 Å². The van der Waals surface area contributed by atoms with Gasteiger partial charge in [-0.3, -0.25) is 9.68 Å². The Kier molecular flexibility index (Phi) is 5.93. The maximum atomic E-state index is 10.7. The third-order valence-corrected chi connectivity index (χ3v) is 0.942. The van der Waals surface area contributed by atoms with Gasteiger partial charge in [-0.1, -0.05) is 12.2 Å². The molecule has 0 saturated carbocycles. The number of carbonyl (C=O) groups is 2. The molecule has 0 fully saturated rings. The summed E-state index contributed by atoms with van der Waals surface area (Å²) >= 11 is 0. The van der Waals surface area contributed by atoms with Gasteiger partial charge in [-0.15, -0.1) is 0 Å². The first-order valence-electron chi connectivity index (χ1n) is 3.36. The summed E-state index contributed by atoms with van der Waals surface area (Å²) in [5.41, 5.74) is 0. The molecular weight excluding hydrogens is 176 g/mol. The van der Waals surface area contributed by atoms with Crippen molar-refractivity contribution in [2.24, 2.45) is 0 Å². The molecule has 5 heteroatoms. The minimum atomic E-state index is -1.08. The molecule has 0 aliphatic carbocycles. The van der Waals surface area contributed by atoms with E-state index < -0.39 is 11.8 Å². The molecule has 0 aliphatic rings. The monoisotopic (exact) mass is 184 g/mol. The van der Waals surface area contributed by atoms with E-state index in [0.717, 1.165) is 0 Å². The highest BCUT2D eigenvalue weighted by Crippen LogP contribution is 1.82. The van der Waals surface area contributed by atoms with Crippen LogP contribution in [0.5, 0.6) is 0 Å². The lowest BCUT2D eigenvalue weighted by Crippen LogP contribution is -2.15. The highest BCUT2D eigenvalue weighted by molar-refractivity contribution is 6.40. The number of esters is 1. The largest absolute Gasteiger partial charge is 0.455 e. The van der Waals surface area contributed by atoms with Crippen molar-refractivity contribution in [3.63, 3.8) is 0 Å². The Hall–Kier alpha value is -1.80. The second-order valence-corrected chi connectivity index (χ2v) is 1.81. The average Bonchev–Trinajstić information content (AvgIpc) is 2.14. The number of allylic oxidation sites excluding steroid dienone is 1. The van der Waals surface area contributed by atoms with Gasteiger partial charge in [-0.25, -0.2) is 4.79 Å². The fraction of sp³-hybridized carbons (Fsp3) is 0.250. The Morgan fingerprint density at radius 1 is 1.54 bits per heavy atom. The van der Waals surface area contributed by atoms with E-state index in [0.29, 0.717) is 0 Å². The van der Waals surface area contributed by atoms with Crippen molar-refractivity contribution < 1.29 is 24.5 Å². The van der Waals surface area contributed by atoms with Gasteiger partial charge in [0.2, 0.25) is 0 Å². The van der Waals surface area contributed by atoms with E-state index in [1.54, 1.807) is 31.1 Å². The molecule has 0 aromatic carbocycles. The van der Waals surface area contributed by atoms with Crippen LogP contribution in [0.1, 0.15) is 6.92 Å².